The lowest BCUT2D eigenvalue weighted by Gasteiger charge is -2.28. The Bertz CT molecular complexity index is 1080. The molecule has 1 saturated heterocycles. The van der Waals surface area contributed by atoms with Gasteiger partial charge in [-0.25, -0.2) is 14.6 Å². The molecule has 0 aliphatic carbocycles. The van der Waals surface area contributed by atoms with Crippen molar-refractivity contribution in [2.45, 2.75) is 89.1 Å². The van der Waals surface area contributed by atoms with E-state index in [1.165, 1.54) is 11.8 Å². The van der Waals surface area contributed by atoms with Crippen molar-refractivity contribution in [3.63, 3.8) is 0 Å². The molecule has 0 bridgehead atoms. The predicted octanol–water partition coefficient (Wildman–Crippen LogP) is 6.73. The van der Waals surface area contributed by atoms with Crippen LogP contribution >= 0.6 is 23.4 Å². The Labute approximate surface area is 223 Å². The molecule has 0 spiro atoms. The third-order valence-corrected chi connectivity index (χ3v) is 6.88. The molecule has 2 amide bonds. The summed E-state index contributed by atoms with van der Waals surface area (Å²) in [7, 11) is 0. The molecule has 0 saturated carbocycles. The first-order valence-corrected chi connectivity index (χ1v) is 13.4. The number of benzene rings is 1. The average molecular weight is 540 g/mol. The molecular weight excluding hydrogens is 502 g/mol. The summed E-state index contributed by atoms with van der Waals surface area (Å²) in [5.41, 5.74) is -0.205. The van der Waals surface area contributed by atoms with Crippen molar-refractivity contribution in [1.29, 1.82) is 0 Å². The summed E-state index contributed by atoms with van der Waals surface area (Å²) in [6.45, 7) is 18.5. The van der Waals surface area contributed by atoms with Gasteiger partial charge in [-0.1, -0.05) is 32.4 Å². The van der Waals surface area contributed by atoms with E-state index >= 15 is 0 Å². The topological polar surface area (TPSA) is 85.1 Å². The van der Waals surface area contributed by atoms with Crippen molar-refractivity contribution in [1.82, 2.24) is 14.8 Å². The van der Waals surface area contributed by atoms with Gasteiger partial charge in [-0.05, 0) is 53.7 Å². The monoisotopic (exact) mass is 539 g/mol. The molecular formula is C26H38ClN3O5S. The summed E-state index contributed by atoms with van der Waals surface area (Å²) >= 11 is 8.11. The van der Waals surface area contributed by atoms with Gasteiger partial charge in [0.1, 0.15) is 16.7 Å². The fourth-order valence-electron chi connectivity index (χ4n) is 3.57. The second-order valence-corrected chi connectivity index (χ2v) is 13.8. The molecule has 2 heterocycles. The quantitative estimate of drug-likeness (QED) is 0.418. The maximum atomic E-state index is 13.0. The van der Waals surface area contributed by atoms with E-state index in [1.54, 1.807) is 15.9 Å². The minimum Gasteiger partial charge on any atom is -0.444 e. The zero-order chi connectivity index (χ0) is 27.1. The number of thioether (sulfide) groups is 1. The van der Waals surface area contributed by atoms with Crippen LogP contribution in [0.25, 0.3) is 11.1 Å². The summed E-state index contributed by atoms with van der Waals surface area (Å²) in [4.78, 5) is 34.6. The molecule has 0 radical (unpaired) electrons. The van der Waals surface area contributed by atoms with Gasteiger partial charge in [-0.15, -0.1) is 11.8 Å². The van der Waals surface area contributed by atoms with Gasteiger partial charge in [0.05, 0.1) is 9.92 Å². The minimum absolute atomic E-state index is 0.209. The molecule has 200 valence electrons. The second kappa shape index (κ2) is 10.3. The van der Waals surface area contributed by atoms with Gasteiger partial charge < -0.3 is 23.7 Å². The smallest absolute Gasteiger partial charge is 0.410 e. The molecule has 1 aromatic carbocycles. The Morgan fingerprint density at radius 2 is 1.44 bits per heavy atom. The van der Waals surface area contributed by atoms with Gasteiger partial charge in [-0.2, -0.15) is 0 Å². The maximum absolute atomic E-state index is 13.0. The van der Waals surface area contributed by atoms with E-state index in [4.69, 9.17) is 25.5 Å². The van der Waals surface area contributed by atoms with E-state index in [2.05, 4.69) is 4.98 Å². The number of carbonyl (C=O) groups excluding carboxylic acids is 2. The van der Waals surface area contributed by atoms with Crippen molar-refractivity contribution >= 4 is 46.6 Å². The van der Waals surface area contributed by atoms with Crippen molar-refractivity contribution in [3.8, 4) is 0 Å². The Morgan fingerprint density at radius 1 is 0.944 bits per heavy atom. The lowest BCUT2D eigenvalue weighted by Crippen LogP contribution is -2.41. The van der Waals surface area contributed by atoms with E-state index in [0.29, 0.717) is 48.2 Å². The van der Waals surface area contributed by atoms with E-state index in [9.17, 15) is 9.59 Å². The number of nitrogens with zero attached hydrogens (tertiary/aromatic N) is 3. The highest BCUT2D eigenvalue weighted by molar-refractivity contribution is 8.00. The van der Waals surface area contributed by atoms with Crippen LogP contribution in [0.4, 0.5) is 9.59 Å². The Balaban J connectivity index is 1.94. The first kappa shape index (κ1) is 28.4. The van der Waals surface area contributed by atoms with Crippen LogP contribution in [0.15, 0.2) is 21.4 Å². The number of amides is 2. The molecule has 0 atom stereocenters. The van der Waals surface area contributed by atoms with E-state index in [1.807, 2.05) is 68.4 Å². The van der Waals surface area contributed by atoms with Gasteiger partial charge in [0.15, 0.2) is 5.58 Å². The fourth-order valence-corrected chi connectivity index (χ4v) is 5.13. The number of fused-ring (bicyclic) bond motifs is 1. The Morgan fingerprint density at radius 3 is 1.89 bits per heavy atom. The highest BCUT2D eigenvalue weighted by Crippen LogP contribution is 2.40. The molecule has 1 aliphatic rings. The van der Waals surface area contributed by atoms with E-state index in [0.717, 1.165) is 4.90 Å². The molecule has 0 N–H and O–H groups in total. The van der Waals surface area contributed by atoms with Gasteiger partial charge in [0, 0.05) is 36.8 Å². The number of rotatable bonds is 2. The zero-order valence-electron chi connectivity index (χ0n) is 22.7. The first-order chi connectivity index (χ1) is 16.4. The van der Waals surface area contributed by atoms with Gasteiger partial charge in [-0.3, -0.25) is 0 Å². The van der Waals surface area contributed by atoms with Crippen LogP contribution in [0.1, 0.15) is 68.2 Å². The van der Waals surface area contributed by atoms with Crippen molar-refractivity contribution in [2.75, 3.05) is 26.2 Å². The van der Waals surface area contributed by atoms with Crippen LogP contribution < -0.4 is 0 Å². The van der Waals surface area contributed by atoms with Crippen LogP contribution in [0, 0.1) is 0 Å². The number of aromatic nitrogens is 1. The fraction of sp³-hybridized carbons (Fsp3) is 0.654. The van der Waals surface area contributed by atoms with Crippen molar-refractivity contribution in [2.24, 2.45) is 0 Å². The highest BCUT2D eigenvalue weighted by atomic mass is 35.5. The lowest BCUT2D eigenvalue weighted by molar-refractivity contribution is 0.0200. The highest BCUT2D eigenvalue weighted by Gasteiger charge is 2.34. The molecule has 0 unspecified atom stereocenters. The van der Waals surface area contributed by atoms with E-state index < -0.39 is 23.4 Å². The number of carbonyl (C=O) groups is 2. The van der Waals surface area contributed by atoms with Crippen LogP contribution in [0.5, 0.6) is 0 Å². The number of hydrogen-bond donors (Lipinski definition) is 0. The summed E-state index contributed by atoms with van der Waals surface area (Å²) in [6.07, 6.45) is -0.837. The van der Waals surface area contributed by atoms with Crippen molar-refractivity contribution < 1.29 is 23.5 Å². The van der Waals surface area contributed by atoms with Gasteiger partial charge in [0.25, 0.3) is 0 Å². The summed E-state index contributed by atoms with van der Waals surface area (Å²) in [5.74, 6) is 0.619. The third kappa shape index (κ3) is 7.44. The van der Waals surface area contributed by atoms with Gasteiger partial charge in [0.2, 0.25) is 5.89 Å². The largest absolute Gasteiger partial charge is 0.444 e. The summed E-state index contributed by atoms with van der Waals surface area (Å²) < 4.78 is 17.4. The van der Waals surface area contributed by atoms with Gasteiger partial charge >= 0.3 is 12.2 Å². The number of oxazole rings is 1. The number of hydrogen-bond acceptors (Lipinski definition) is 7. The molecule has 3 rings (SSSR count). The average Bonchev–Trinajstić information content (AvgIpc) is 3.02. The molecule has 8 nitrogen and oxygen atoms in total. The number of halogens is 1. The molecule has 1 aromatic heterocycles. The minimum atomic E-state index is -0.630. The van der Waals surface area contributed by atoms with Crippen molar-refractivity contribution in [3.05, 3.63) is 23.0 Å². The van der Waals surface area contributed by atoms with Crippen LogP contribution in [0.3, 0.4) is 0 Å². The third-order valence-electron chi connectivity index (χ3n) is 5.18. The summed E-state index contributed by atoms with van der Waals surface area (Å²) in [5, 5.41) is 0.319. The van der Waals surface area contributed by atoms with Crippen LogP contribution in [0.2, 0.25) is 5.02 Å². The number of ether oxygens (including phenoxy) is 2. The van der Waals surface area contributed by atoms with Crippen LogP contribution in [-0.4, -0.2) is 69.6 Å². The molecule has 36 heavy (non-hydrogen) atoms. The van der Waals surface area contributed by atoms with Crippen LogP contribution in [-0.2, 0) is 14.9 Å². The SMILES string of the molecule is CC(C)(C)OC(=O)N1CCN(C(=O)OC(C)(C)C)CC(Sc2c(Cl)ccc3nc(C(C)(C)C)oc23)C1. The Kier molecular flexibility index (Phi) is 8.16. The Hall–Kier alpha value is -2.13. The maximum Gasteiger partial charge on any atom is 0.410 e. The normalized spacial score (nSPS) is 16.3. The molecule has 1 fully saturated rings. The lowest BCUT2D eigenvalue weighted by atomic mass is 9.97. The summed E-state index contributed by atoms with van der Waals surface area (Å²) in [6, 6.07) is 3.64. The molecule has 2 aromatic rings. The predicted molar refractivity (Wildman–Crippen MR) is 143 cm³/mol. The second-order valence-electron chi connectivity index (χ2n) is 12.1. The molecule has 10 heteroatoms. The first-order valence-electron chi connectivity index (χ1n) is 12.1. The standard InChI is InChI=1S/C26H38ClN3O5S/c1-24(2,3)21-28-18-11-10-17(27)20(19(18)33-21)36-16-14-29(22(31)34-25(4,5)6)12-13-30(15-16)23(32)35-26(7,8)9/h10-11,16H,12-15H2,1-9H3. The van der Waals surface area contributed by atoms with E-state index in [-0.39, 0.29) is 10.7 Å². The zero-order valence-corrected chi connectivity index (χ0v) is 24.3. The molecule has 1 aliphatic heterocycles.